The average molecular weight is 288 g/mol. The van der Waals surface area contributed by atoms with E-state index in [-0.39, 0.29) is 11.8 Å². The number of fused-ring (bicyclic) bond motifs is 1. The maximum Gasteiger partial charge on any atom is 0.214 e. The Balaban J connectivity index is 2.19. The zero-order chi connectivity index (χ0) is 13.2. The lowest BCUT2D eigenvalue weighted by Crippen LogP contribution is -2.32. The van der Waals surface area contributed by atoms with E-state index in [1.807, 2.05) is 18.2 Å². The summed E-state index contributed by atoms with van der Waals surface area (Å²) in [6.45, 7) is 0. The van der Waals surface area contributed by atoms with Crippen LogP contribution in [-0.4, -0.2) is 31.4 Å². The molecule has 0 amide bonds. The Morgan fingerprint density at radius 2 is 2.11 bits per heavy atom. The van der Waals surface area contributed by atoms with Crippen LogP contribution in [0.2, 0.25) is 0 Å². The first kappa shape index (κ1) is 13.8. The molecular weight excluding hydrogens is 270 g/mol. The second kappa shape index (κ2) is 5.59. The van der Waals surface area contributed by atoms with E-state index in [1.165, 1.54) is 9.87 Å². The summed E-state index contributed by atoms with van der Waals surface area (Å²) in [5.41, 5.74) is 2.41. The van der Waals surface area contributed by atoms with Gasteiger partial charge in [-0.05, 0) is 30.4 Å². The van der Waals surface area contributed by atoms with E-state index in [4.69, 9.17) is 11.6 Å². The van der Waals surface area contributed by atoms with Crippen molar-refractivity contribution in [3.8, 4) is 0 Å². The van der Waals surface area contributed by atoms with Crippen LogP contribution in [0.25, 0.3) is 0 Å². The minimum atomic E-state index is -3.20. The van der Waals surface area contributed by atoms with Crippen LogP contribution < -0.4 is 0 Å². The first-order valence-electron chi connectivity index (χ1n) is 6.16. The summed E-state index contributed by atoms with van der Waals surface area (Å²) in [7, 11) is -1.52. The Labute approximate surface area is 114 Å². The first-order chi connectivity index (χ1) is 8.56. The van der Waals surface area contributed by atoms with Crippen molar-refractivity contribution in [1.29, 1.82) is 0 Å². The van der Waals surface area contributed by atoms with E-state index in [0.29, 0.717) is 12.3 Å². The number of benzene rings is 1. The highest BCUT2D eigenvalue weighted by atomic mass is 35.5. The van der Waals surface area contributed by atoms with Gasteiger partial charge in [0.15, 0.2) is 0 Å². The van der Waals surface area contributed by atoms with Gasteiger partial charge in [-0.15, -0.1) is 11.6 Å². The third-order valence-electron chi connectivity index (χ3n) is 3.51. The van der Waals surface area contributed by atoms with Crippen molar-refractivity contribution in [3.05, 3.63) is 35.4 Å². The van der Waals surface area contributed by atoms with Crippen molar-refractivity contribution in [2.24, 2.45) is 0 Å². The van der Waals surface area contributed by atoms with Crippen LogP contribution in [0.4, 0.5) is 0 Å². The number of sulfonamides is 1. The lowest BCUT2D eigenvalue weighted by atomic mass is 10.1. The first-order valence-corrected chi connectivity index (χ1v) is 8.30. The standard InChI is InChI=1S/C13H18ClNO2S/c1-15(18(16,17)10-4-9-14)13-8-7-11-5-2-3-6-12(11)13/h2-3,5-6,13H,4,7-10H2,1H3. The molecule has 1 aliphatic rings. The molecule has 0 aliphatic heterocycles. The molecule has 100 valence electrons. The van der Waals surface area contributed by atoms with Gasteiger partial charge in [-0.1, -0.05) is 24.3 Å². The predicted octanol–water partition coefficient (Wildman–Crippen LogP) is 2.56. The minimum absolute atomic E-state index is 0.0125. The molecule has 0 spiro atoms. The third kappa shape index (κ3) is 2.71. The molecule has 18 heavy (non-hydrogen) atoms. The third-order valence-corrected chi connectivity index (χ3v) is 5.72. The fraction of sp³-hybridized carbons (Fsp3) is 0.538. The van der Waals surface area contributed by atoms with E-state index >= 15 is 0 Å². The highest BCUT2D eigenvalue weighted by Crippen LogP contribution is 2.36. The fourth-order valence-corrected chi connectivity index (χ4v) is 4.18. The lowest BCUT2D eigenvalue weighted by molar-refractivity contribution is 0.374. The van der Waals surface area contributed by atoms with Gasteiger partial charge < -0.3 is 0 Å². The Hall–Kier alpha value is -0.580. The van der Waals surface area contributed by atoms with E-state index in [2.05, 4.69) is 6.07 Å². The number of aryl methyl sites for hydroxylation is 1. The molecule has 1 unspecified atom stereocenters. The van der Waals surface area contributed by atoms with Gasteiger partial charge in [-0.3, -0.25) is 0 Å². The molecule has 1 atom stereocenters. The maximum atomic E-state index is 12.2. The monoisotopic (exact) mass is 287 g/mol. The molecule has 0 saturated carbocycles. The van der Waals surface area contributed by atoms with Gasteiger partial charge in [0.2, 0.25) is 10.0 Å². The maximum absolute atomic E-state index is 12.2. The average Bonchev–Trinajstić information content (AvgIpc) is 2.79. The zero-order valence-electron chi connectivity index (χ0n) is 10.5. The molecule has 0 bridgehead atoms. The van der Waals surface area contributed by atoms with E-state index in [0.717, 1.165) is 18.4 Å². The molecule has 3 nitrogen and oxygen atoms in total. The summed E-state index contributed by atoms with van der Waals surface area (Å²) in [4.78, 5) is 0. The number of rotatable bonds is 5. The largest absolute Gasteiger partial charge is 0.214 e. The van der Waals surface area contributed by atoms with Gasteiger partial charge in [0.25, 0.3) is 0 Å². The summed E-state index contributed by atoms with van der Waals surface area (Å²) in [5, 5.41) is 0. The molecule has 0 heterocycles. The van der Waals surface area contributed by atoms with Crippen LogP contribution in [-0.2, 0) is 16.4 Å². The van der Waals surface area contributed by atoms with Crippen LogP contribution >= 0.6 is 11.6 Å². The Bertz CT molecular complexity index is 515. The second-order valence-corrected chi connectivity index (χ2v) is 7.15. The molecule has 0 N–H and O–H groups in total. The summed E-state index contributed by atoms with van der Waals surface area (Å²) < 4.78 is 25.8. The molecule has 0 radical (unpaired) electrons. The molecule has 2 rings (SSSR count). The van der Waals surface area contributed by atoms with Crippen LogP contribution in [0.5, 0.6) is 0 Å². The molecule has 5 heteroatoms. The number of hydrogen-bond acceptors (Lipinski definition) is 2. The minimum Gasteiger partial charge on any atom is -0.212 e. The van der Waals surface area contributed by atoms with Crippen molar-refractivity contribution in [3.63, 3.8) is 0 Å². The van der Waals surface area contributed by atoms with Crippen molar-refractivity contribution in [2.75, 3.05) is 18.7 Å². The number of nitrogens with zero attached hydrogens (tertiary/aromatic N) is 1. The SMILES string of the molecule is CN(C1CCc2ccccc21)S(=O)(=O)CCCCl. The van der Waals surface area contributed by atoms with Gasteiger partial charge in [-0.25, -0.2) is 8.42 Å². The zero-order valence-corrected chi connectivity index (χ0v) is 12.0. The molecule has 0 saturated heterocycles. The Morgan fingerprint density at radius 3 is 2.83 bits per heavy atom. The predicted molar refractivity (Wildman–Crippen MR) is 74.4 cm³/mol. The molecule has 0 aromatic heterocycles. The van der Waals surface area contributed by atoms with E-state index in [1.54, 1.807) is 7.05 Å². The number of hydrogen-bond donors (Lipinski definition) is 0. The van der Waals surface area contributed by atoms with Crippen molar-refractivity contribution < 1.29 is 8.42 Å². The quantitative estimate of drug-likeness (QED) is 0.781. The molecule has 1 aromatic carbocycles. The van der Waals surface area contributed by atoms with Crippen molar-refractivity contribution >= 4 is 21.6 Å². The van der Waals surface area contributed by atoms with Gasteiger partial charge in [-0.2, -0.15) is 4.31 Å². The van der Waals surface area contributed by atoms with E-state index < -0.39 is 10.0 Å². The normalized spacial score (nSPS) is 19.2. The number of halogens is 1. The summed E-state index contributed by atoms with van der Waals surface area (Å²) >= 11 is 5.57. The molecule has 1 aliphatic carbocycles. The second-order valence-electron chi connectivity index (χ2n) is 4.63. The summed E-state index contributed by atoms with van der Waals surface area (Å²) in [5.74, 6) is 0.514. The topological polar surface area (TPSA) is 37.4 Å². The summed E-state index contributed by atoms with van der Waals surface area (Å²) in [6.07, 6.45) is 2.33. The van der Waals surface area contributed by atoms with Crippen LogP contribution in [0.15, 0.2) is 24.3 Å². The van der Waals surface area contributed by atoms with Crippen molar-refractivity contribution in [1.82, 2.24) is 4.31 Å². The smallest absolute Gasteiger partial charge is 0.212 e. The van der Waals surface area contributed by atoms with Crippen molar-refractivity contribution in [2.45, 2.75) is 25.3 Å². The van der Waals surface area contributed by atoms with Gasteiger partial charge in [0.05, 0.1) is 5.75 Å². The van der Waals surface area contributed by atoms with Crippen LogP contribution in [0.3, 0.4) is 0 Å². The summed E-state index contributed by atoms with van der Waals surface area (Å²) in [6, 6.07) is 8.07. The Kier molecular flexibility index (Phi) is 4.30. The van der Waals surface area contributed by atoms with E-state index in [9.17, 15) is 8.42 Å². The lowest BCUT2D eigenvalue weighted by Gasteiger charge is -2.24. The molecule has 0 fully saturated rings. The van der Waals surface area contributed by atoms with Gasteiger partial charge in [0, 0.05) is 19.0 Å². The highest BCUT2D eigenvalue weighted by Gasteiger charge is 2.31. The molecule has 1 aromatic rings. The van der Waals surface area contributed by atoms with Gasteiger partial charge in [0.1, 0.15) is 0 Å². The Morgan fingerprint density at radius 1 is 1.39 bits per heavy atom. The highest BCUT2D eigenvalue weighted by molar-refractivity contribution is 7.89. The molecular formula is C13H18ClNO2S. The fourth-order valence-electron chi connectivity index (χ4n) is 2.49. The van der Waals surface area contributed by atoms with Crippen LogP contribution in [0, 0.1) is 0 Å². The number of alkyl halides is 1. The van der Waals surface area contributed by atoms with Gasteiger partial charge >= 0.3 is 0 Å². The van der Waals surface area contributed by atoms with Crippen LogP contribution in [0.1, 0.15) is 30.0 Å².